The fraction of sp³-hybridized carbons (Fsp3) is 0.200. The molecule has 0 aliphatic heterocycles. The molecule has 0 spiro atoms. The fourth-order valence-electron chi connectivity index (χ4n) is 1.68. The third-order valence-corrected chi connectivity index (χ3v) is 2.90. The Kier molecular flexibility index (Phi) is 4.11. The molecule has 2 rings (SSSR count). The highest BCUT2D eigenvalue weighted by molar-refractivity contribution is 6.30. The molecule has 0 saturated carbocycles. The van der Waals surface area contributed by atoms with Crippen LogP contribution in [0.5, 0.6) is 17.2 Å². The highest BCUT2D eigenvalue weighted by Gasteiger charge is 2.06. The lowest BCUT2D eigenvalue weighted by Gasteiger charge is -2.11. The zero-order chi connectivity index (χ0) is 13.0. The molecule has 18 heavy (non-hydrogen) atoms. The maximum Gasteiger partial charge on any atom is 0.169 e. The second-order valence-corrected chi connectivity index (χ2v) is 4.33. The molecule has 0 aliphatic rings. The van der Waals surface area contributed by atoms with E-state index in [1.54, 1.807) is 13.2 Å². The number of rotatable bonds is 4. The highest BCUT2D eigenvalue weighted by atomic mass is 35.5. The van der Waals surface area contributed by atoms with E-state index >= 15 is 0 Å². The monoisotopic (exact) mass is 262 g/mol. The number of halogens is 1. The van der Waals surface area contributed by atoms with Crippen LogP contribution in [-0.2, 0) is 6.42 Å². The van der Waals surface area contributed by atoms with Crippen LogP contribution in [0.1, 0.15) is 12.5 Å². The van der Waals surface area contributed by atoms with E-state index in [9.17, 15) is 0 Å². The first kappa shape index (κ1) is 12.8. The molecule has 0 bridgehead atoms. The first-order chi connectivity index (χ1) is 8.72. The minimum atomic E-state index is 0.651. The van der Waals surface area contributed by atoms with Crippen LogP contribution in [0.4, 0.5) is 0 Å². The topological polar surface area (TPSA) is 18.5 Å². The third kappa shape index (κ3) is 2.96. The van der Waals surface area contributed by atoms with Gasteiger partial charge in [0.05, 0.1) is 7.11 Å². The predicted octanol–water partition coefficient (Wildman–Crippen LogP) is 4.70. The zero-order valence-corrected chi connectivity index (χ0v) is 11.2. The standard InChI is InChI=1S/C15H15ClO2/c1-3-11-7-8-14(17-2)15(9-11)18-13-6-4-5-12(16)10-13/h4-10H,3H2,1-2H3. The Morgan fingerprint density at radius 1 is 1.06 bits per heavy atom. The van der Waals surface area contributed by atoms with Gasteiger partial charge in [-0.3, -0.25) is 0 Å². The van der Waals surface area contributed by atoms with Crippen molar-refractivity contribution in [2.45, 2.75) is 13.3 Å². The van der Waals surface area contributed by atoms with Crippen molar-refractivity contribution in [3.63, 3.8) is 0 Å². The molecule has 0 unspecified atom stereocenters. The van der Waals surface area contributed by atoms with Gasteiger partial charge in [0.1, 0.15) is 5.75 Å². The molecule has 0 atom stereocenters. The van der Waals surface area contributed by atoms with Gasteiger partial charge in [-0.15, -0.1) is 0 Å². The molecule has 0 aromatic heterocycles. The van der Waals surface area contributed by atoms with Gasteiger partial charge in [-0.25, -0.2) is 0 Å². The van der Waals surface area contributed by atoms with Gasteiger partial charge >= 0.3 is 0 Å². The number of methoxy groups -OCH3 is 1. The summed E-state index contributed by atoms with van der Waals surface area (Å²) in [6.07, 6.45) is 0.954. The van der Waals surface area contributed by atoms with Crippen LogP contribution in [0.25, 0.3) is 0 Å². The summed E-state index contributed by atoms with van der Waals surface area (Å²) in [7, 11) is 1.63. The first-order valence-corrected chi connectivity index (χ1v) is 6.21. The molecule has 0 saturated heterocycles. The molecule has 0 fully saturated rings. The molecular weight excluding hydrogens is 248 g/mol. The molecule has 3 heteroatoms. The molecule has 0 aliphatic carbocycles. The van der Waals surface area contributed by atoms with Crippen LogP contribution >= 0.6 is 11.6 Å². The Morgan fingerprint density at radius 3 is 2.56 bits per heavy atom. The number of hydrogen-bond donors (Lipinski definition) is 0. The Bertz CT molecular complexity index is 538. The lowest BCUT2D eigenvalue weighted by Crippen LogP contribution is -1.92. The van der Waals surface area contributed by atoms with Gasteiger partial charge in [0, 0.05) is 5.02 Å². The normalized spacial score (nSPS) is 10.2. The summed E-state index contributed by atoms with van der Waals surface area (Å²) in [6.45, 7) is 2.10. The predicted molar refractivity (Wildman–Crippen MR) is 73.9 cm³/mol. The van der Waals surface area contributed by atoms with Crippen molar-refractivity contribution >= 4 is 11.6 Å². The summed E-state index contributed by atoms with van der Waals surface area (Å²) in [5, 5.41) is 0.651. The van der Waals surface area contributed by atoms with E-state index in [1.165, 1.54) is 5.56 Å². The Balaban J connectivity index is 2.32. The molecule has 0 amide bonds. The third-order valence-electron chi connectivity index (χ3n) is 2.66. The van der Waals surface area contributed by atoms with Crippen LogP contribution < -0.4 is 9.47 Å². The average Bonchev–Trinajstić information content (AvgIpc) is 2.38. The van der Waals surface area contributed by atoms with Gasteiger partial charge in [0.2, 0.25) is 0 Å². The van der Waals surface area contributed by atoms with Gasteiger partial charge in [0.25, 0.3) is 0 Å². The van der Waals surface area contributed by atoms with Gasteiger partial charge < -0.3 is 9.47 Å². The number of benzene rings is 2. The first-order valence-electron chi connectivity index (χ1n) is 5.83. The van der Waals surface area contributed by atoms with E-state index in [-0.39, 0.29) is 0 Å². The second-order valence-electron chi connectivity index (χ2n) is 3.90. The Morgan fingerprint density at radius 2 is 1.89 bits per heavy atom. The van der Waals surface area contributed by atoms with Crippen molar-refractivity contribution in [2.75, 3.05) is 7.11 Å². The highest BCUT2D eigenvalue weighted by Crippen LogP contribution is 2.33. The maximum atomic E-state index is 5.93. The van der Waals surface area contributed by atoms with Crippen molar-refractivity contribution < 1.29 is 9.47 Å². The average molecular weight is 263 g/mol. The summed E-state index contributed by atoms with van der Waals surface area (Å²) in [5.74, 6) is 2.13. The second kappa shape index (κ2) is 5.78. The van der Waals surface area contributed by atoms with Crippen molar-refractivity contribution in [3.8, 4) is 17.2 Å². The summed E-state index contributed by atoms with van der Waals surface area (Å²) in [5.41, 5.74) is 1.20. The summed E-state index contributed by atoms with van der Waals surface area (Å²) >= 11 is 5.93. The van der Waals surface area contributed by atoms with E-state index in [0.717, 1.165) is 6.42 Å². The van der Waals surface area contributed by atoms with Crippen molar-refractivity contribution in [1.82, 2.24) is 0 Å². The minimum Gasteiger partial charge on any atom is -0.493 e. The van der Waals surface area contributed by atoms with Crippen molar-refractivity contribution in [2.24, 2.45) is 0 Å². The zero-order valence-electron chi connectivity index (χ0n) is 10.4. The molecule has 94 valence electrons. The molecule has 2 nitrogen and oxygen atoms in total. The molecule has 2 aromatic rings. The lowest BCUT2D eigenvalue weighted by atomic mass is 10.1. The van der Waals surface area contributed by atoms with Gasteiger partial charge in [0.15, 0.2) is 11.5 Å². The van der Waals surface area contributed by atoms with Gasteiger partial charge in [-0.1, -0.05) is 30.7 Å². The smallest absolute Gasteiger partial charge is 0.169 e. The van der Waals surface area contributed by atoms with E-state index < -0.39 is 0 Å². The molecular formula is C15H15ClO2. The van der Waals surface area contributed by atoms with Crippen molar-refractivity contribution in [1.29, 1.82) is 0 Å². The molecule has 2 aromatic carbocycles. The maximum absolute atomic E-state index is 5.93. The van der Waals surface area contributed by atoms with Crippen LogP contribution in [0.2, 0.25) is 5.02 Å². The molecule has 0 N–H and O–H groups in total. The minimum absolute atomic E-state index is 0.651. The van der Waals surface area contributed by atoms with Gasteiger partial charge in [-0.05, 0) is 42.3 Å². The summed E-state index contributed by atoms with van der Waals surface area (Å²) in [4.78, 5) is 0. The number of aryl methyl sites for hydroxylation is 1. The summed E-state index contributed by atoms with van der Waals surface area (Å²) < 4.78 is 11.1. The number of hydrogen-bond acceptors (Lipinski definition) is 2. The Hall–Kier alpha value is -1.67. The van der Waals surface area contributed by atoms with E-state index in [1.807, 2.05) is 36.4 Å². The SMILES string of the molecule is CCc1ccc(OC)c(Oc2cccc(Cl)c2)c1. The van der Waals surface area contributed by atoms with Crippen LogP contribution in [0, 0.1) is 0 Å². The van der Waals surface area contributed by atoms with Gasteiger partial charge in [-0.2, -0.15) is 0 Å². The van der Waals surface area contributed by atoms with E-state index in [2.05, 4.69) is 6.92 Å². The van der Waals surface area contributed by atoms with E-state index in [4.69, 9.17) is 21.1 Å². The van der Waals surface area contributed by atoms with E-state index in [0.29, 0.717) is 22.3 Å². The van der Waals surface area contributed by atoms with Crippen LogP contribution in [0.15, 0.2) is 42.5 Å². The number of ether oxygens (including phenoxy) is 2. The largest absolute Gasteiger partial charge is 0.493 e. The van der Waals surface area contributed by atoms with Crippen LogP contribution in [-0.4, -0.2) is 7.11 Å². The molecule has 0 heterocycles. The molecule has 0 radical (unpaired) electrons. The summed E-state index contributed by atoms with van der Waals surface area (Å²) in [6, 6.07) is 13.2. The van der Waals surface area contributed by atoms with Crippen LogP contribution in [0.3, 0.4) is 0 Å². The van der Waals surface area contributed by atoms with Crippen molar-refractivity contribution in [3.05, 3.63) is 53.1 Å². The lowest BCUT2D eigenvalue weighted by molar-refractivity contribution is 0.378. The Labute approximate surface area is 112 Å². The quantitative estimate of drug-likeness (QED) is 0.795. The fourth-order valence-corrected chi connectivity index (χ4v) is 1.86.